The maximum absolute atomic E-state index is 13.5. The van der Waals surface area contributed by atoms with Gasteiger partial charge in [-0.05, 0) is 19.1 Å². The third-order valence-electron chi connectivity index (χ3n) is 2.23. The van der Waals surface area contributed by atoms with E-state index in [1.807, 2.05) is 0 Å². The van der Waals surface area contributed by atoms with E-state index < -0.39 is 11.9 Å². The summed E-state index contributed by atoms with van der Waals surface area (Å²) in [6.45, 7) is 1.54. The molecule has 1 N–H and O–H groups in total. The van der Waals surface area contributed by atoms with Crippen molar-refractivity contribution in [1.29, 1.82) is 0 Å². The van der Waals surface area contributed by atoms with Crippen LogP contribution < -0.4 is 0 Å². The fourth-order valence-corrected chi connectivity index (χ4v) is 1.57. The Labute approximate surface area is 86.8 Å². The lowest BCUT2D eigenvalue weighted by atomic mass is 10.1. The van der Waals surface area contributed by atoms with Gasteiger partial charge in [-0.3, -0.25) is 0 Å². The van der Waals surface area contributed by atoms with Crippen LogP contribution in [-0.4, -0.2) is 14.7 Å². The number of aliphatic hydroxyl groups is 1. The molecular formula is C11H11FN2O. The molecule has 0 fully saturated rings. The van der Waals surface area contributed by atoms with Gasteiger partial charge in [0.2, 0.25) is 0 Å². The first-order valence-electron chi connectivity index (χ1n) is 4.65. The highest BCUT2D eigenvalue weighted by atomic mass is 19.1. The van der Waals surface area contributed by atoms with Gasteiger partial charge in [0.05, 0.1) is 18.1 Å². The molecule has 1 heterocycles. The molecule has 15 heavy (non-hydrogen) atoms. The molecule has 3 nitrogen and oxygen atoms in total. The second-order valence-electron chi connectivity index (χ2n) is 3.32. The van der Waals surface area contributed by atoms with E-state index in [-0.39, 0.29) is 5.56 Å². The molecule has 0 saturated heterocycles. The summed E-state index contributed by atoms with van der Waals surface area (Å²) in [4.78, 5) is 3.89. The molecule has 0 amide bonds. The van der Waals surface area contributed by atoms with E-state index in [0.717, 1.165) is 0 Å². The standard InChI is InChI=1S/C11H11FN2O/c1-8(15)11-9(12)3-2-4-10(11)14-6-5-13-7-14/h2-8,15H,1H3. The second-order valence-corrected chi connectivity index (χ2v) is 3.32. The van der Waals surface area contributed by atoms with Crippen molar-refractivity contribution < 1.29 is 9.50 Å². The molecule has 4 heteroatoms. The van der Waals surface area contributed by atoms with Gasteiger partial charge < -0.3 is 9.67 Å². The predicted octanol–water partition coefficient (Wildman–Crippen LogP) is 2.06. The third kappa shape index (κ3) is 1.76. The van der Waals surface area contributed by atoms with Gasteiger partial charge in [0.15, 0.2) is 0 Å². The van der Waals surface area contributed by atoms with Crippen molar-refractivity contribution in [2.75, 3.05) is 0 Å². The number of rotatable bonds is 2. The van der Waals surface area contributed by atoms with Crippen molar-refractivity contribution >= 4 is 0 Å². The van der Waals surface area contributed by atoms with Crippen LogP contribution in [0.25, 0.3) is 5.69 Å². The number of nitrogens with zero attached hydrogens (tertiary/aromatic N) is 2. The summed E-state index contributed by atoms with van der Waals surface area (Å²) in [5, 5.41) is 9.51. The average molecular weight is 206 g/mol. The average Bonchev–Trinajstić information content (AvgIpc) is 2.69. The van der Waals surface area contributed by atoms with E-state index in [0.29, 0.717) is 5.69 Å². The van der Waals surface area contributed by atoms with Gasteiger partial charge in [-0.2, -0.15) is 0 Å². The molecule has 0 radical (unpaired) electrons. The topological polar surface area (TPSA) is 38.0 Å². The summed E-state index contributed by atoms with van der Waals surface area (Å²) in [6, 6.07) is 4.69. The molecule has 0 saturated carbocycles. The molecule has 0 aliphatic heterocycles. The molecule has 1 aromatic heterocycles. The lowest BCUT2D eigenvalue weighted by molar-refractivity contribution is 0.194. The van der Waals surface area contributed by atoms with Gasteiger partial charge in [-0.1, -0.05) is 6.07 Å². The van der Waals surface area contributed by atoms with E-state index in [1.165, 1.54) is 6.07 Å². The Bertz CT molecular complexity index is 452. The Kier molecular flexibility index (Phi) is 2.51. The van der Waals surface area contributed by atoms with Crippen molar-refractivity contribution in [1.82, 2.24) is 9.55 Å². The minimum absolute atomic E-state index is 0.288. The van der Waals surface area contributed by atoms with Gasteiger partial charge in [-0.25, -0.2) is 9.37 Å². The molecule has 78 valence electrons. The SMILES string of the molecule is CC(O)c1c(F)cccc1-n1ccnc1. The van der Waals surface area contributed by atoms with Crippen LogP contribution in [0, 0.1) is 5.82 Å². The summed E-state index contributed by atoms with van der Waals surface area (Å²) in [6.07, 6.45) is 4.04. The minimum Gasteiger partial charge on any atom is -0.389 e. The summed E-state index contributed by atoms with van der Waals surface area (Å²) >= 11 is 0. The number of aromatic nitrogens is 2. The Morgan fingerprint density at radius 2 is 2.27 bits per heavy atom. The Morgan fingerprint density at radius 1 is 1.47 bits per heavy atom. The van der Waals surface area contributed by atoms with Gasteiger partial charge in [0.1, 0.15) is 5.82 Å². The monoisotopic (exact) mass is 206 g/mol. The zero-order valence-corrected chi connectivity index (χ0v) is 8.26. The van der Waals surface area contributed by atoms with Gasteiger partial charge in [0.25, 0.3) is 0 Å². The minimum atomic E-state index is -0.844. The van der Waals surface area contributed by atoms with Crippen LogP contribution >= 0.6 is 0 Å². The number of hydrogen-bond donors (Lipinski definition) is 1. The molecule has 0 aliphatic carbocycles. The third-order valence-corrected chi connectivity index (χ3v) is 2.23. The molecule has 2 aromatic rings. The number of imidazole rings is 1. The summed E-state index contributed by atoms with van der Waals surface area (Å²) < 4.78 is 15.2. The molecule has 0 bridgehead atoms. The first kappa shape index (κ1) is 9.86. The lowest BCUT2D eigenvalue weighted by Crippen LogP contribution is -2.03. The molecule has 0 aliphatic rings. The van der Waals surface area contributed by atoms with Crippen LogP contribution in [0.2, 0.25) is 0 Å². The smallest absolute Gasteiger partial charge is 0.131 e. The number of aliphatic hydroxyl groups excluding tert-OH is 1. The summed E-state index contributed by atoms with van der Waals surface area (Å²) in [7, 11) is 0. The van der Waals surface area contributed by atoms with Gasteiger partial charge >= 0.3 is 0 Å². The fraction of sp³-hybridized carbons (Fsp3) is 0.182. The number of benzene rings is 1. The Balaban J connectivity index is 2.61. The highest BCUT2D eigenvalue weighted by Gasteiger charge is 2.14. The maximum Gasteiger partial charge on any atom is 0.131 e. The van der Waals surface area contributed by atoms with Crippen molar-refractivity contribution in [3.05, 3.63) is 48.3 Å². The van der Waals surface area contributed by atoms with Crippen molar-refractivity contribution in [2.24, 2.45) is 0 Å². The van der Waals surface area contributed by atoms with Crippen LogP contribution in [0.15, 0.2) is 36.9 Å². The summed E-state index contributed by atoms with van der Waals surface area (Å²) in [5.41, 5.74) is 0.901. The zero-order chi connectivity index (χ0) is 10.8. The van der Waals surface area contributed by atoms with Gasteiger partial charge in [0, 0.05) is 18.0 Å². The number of hydrogen-bond acceptors (Lipinski definition) is 2. The predicted molar refractivity (Wildman–Crippen MR) is 54.2 cm³/mol. The quantitative estimate of drug-likeness (QED) is 0.816. The van der Waals surface area contributed by atoms with Crippen molar-refractivity contribution in [3.63, 3.8) is 0 Å². The zero-order valence-electron chi connectivity index (χ0n) is 8.26. The van der Waals surface area contributed by atoms with Crippen LogP contribution in [0.1, 0.15) is 18.6 Å². The lowest BCUT2D eigenvalue weighted by Gasteiger charge is -2.13. The summed E-state index contributed by atoms with van der Waals surface area (Å²) in [5.74, 6) is -0.406. The highest BCUT2D eigenvalue weighted by molar-refractivity contribution is 5.43. The molecule has 2 rings (SSSR count). The van der Waals surface area contributed by atoms with Gasteiger partial charge in [-0.15, -0.1) is 0 Å². The largest absolute Gasteiger partial charge is 0.389 e. The Morgan fingerprint density at radius 3 is 2.87 bits per heavy atom. The van der Waals surface area contributed by atoms with E-state index in [4.69, 9.17) is 0 Å². The Hall–Kier alpha value is -1.68. The van der Waals surface area contributed by atoms with Crippen LogP contribution in [0.4, 0.5) is 4.39 Å². The molecule has 1 atom stereocenters. The van der Waals surface area contributed by atoms with Crippen molar-refractivity contribution in [2.45, 2.75) is 13.0 Å². The maximum atomic E-state index is 13.5. The van der Waals surface area contributed by atoms with E-state index in [9.17, 15) is 9.50 Å². The van der Waals surface area contributed by atoms with E-state index in [2.05, 4.69) is 4.98 Å². The first-order valence-corrected chi connectivity index (χ1v) is 4.65. The van der Waals surface area contributed by atoms with Crippen LogP contribution in [0.3, 0.4) is 0 Å². The molecule has 0 spiro atoms. The van der Waals surface area contributed by atoms with E-state index >= 15 is 0 Å². The second kappa shape index (κ2) is 3.82. The molecule has 1 aromatic carbocycles. The van der Waals surface area contributed by atoms with Crippen LogP contribution in [-0.2, 0) is 0 Å². The fourth-order valence-electron chi connectivity index (χ4n) is 1.57. The molecule has 1 unspecified atom stereocenters. The normalized spacial score (nSPS) is 12.7. The van der Waals surface area contributed by atoms with E-state index in [1.54, 1.807) is 42.3 Å². The highest BCUT2D eigenvalue weighted by Crippen LogP contribution is 2.24. The number of halogens is 1. The van der Waals surface area contributed by atoms with Crippen molar-refractivity contribution in [3.8, 4) is 5.69 Å². The van der Waals surface area contributed by atoms with Crippen LogP contribution in [0.5, 0.6) is 0 Å². The first-order chi connectivity index (χ1) is 7.20. The molecular weight excluding hydrogens is 195 g/mol.